The number of aliphatic hydroxyl groups is 1. The third-order valence-electron chi connectivity index (χ3n) is 3.46. The Morgan fingerprint density at radius 1 is 1.21 bits per heavy atom. The highest BCUT2D eigenvalue weighted by Gasteiger charge is 2.52. The summed E-state index contributed by atoms with van der Waals surface area (Å²) in [6.45, 7) is 6.30. The minimum atomic E-state index is -0.462. The van der Waals surface area contributed by atoms with Gasteiger partial charge in [-0.3, -0.25) is 0 Å². The van der Waals surface area contributed by atoms with Crippen molar-refractivity contribution in [1.29, 1.82) is 0 Å². The standard InChI is InChI=1S/C11H20O3/c1-4-7-5-8(6-12)10-9(7)13-11(2,3)14-10/h7-10,12H,4-6H2,1-3H3. The highest BCUT2D eigenvalue weighted by molar-refractivity contribution is 4.97. The van der Waals surface area contributed by atoms with Crippen molar-refractivity contribution in [3.63, 3.8) is 0 Å². The summed E-state index contributed by atoms with van der Waals surface area (Å²) in [5.74, 6) is 0.363. The molecule has 1 N–H and O–H groups in total. The highest BCUT2D eigenvalue weighted by Crippen LogP contribution is 2.45. The van der Waals surface area contributed by atoms with Gasteiger partial charge in [-0.2, -0.15) is 0 Å². The molecule has 82 valence electrons. The molecular weight excluding hydrogens is 180 g/mol. The normalized spacial score (nSPS) is 45.4. The third kappa shape index (κ3) is 1.58. The fourth-order valence-electron chi connectivity index (χ4n) is 2.78. The third-order valence-corrected chi connectivity index (χ3v) is 3.46. The van der Waals surface area contributed by atoms with Crippen molar-refractivity contribution in [2.75, 3.05) is 6.61 Å². The van der Waals surface area contributed by atoms with Gasteiger partial charge < -0.3 is 14.6 Å². The Bertz CT molecular complexity index is 195. The van der Waals surface area contributed by atoms with Crippen LogP contribution in [0.25, 0.3) is 0 Å². The molecule has 4 unspecified atom stereocenters. The topological polar surface area (TPSA) is 38.7 Å². The van der Waals surface area contributed by atoms with Gasteiger partial charge in [0.2, 0.25) is 0 Å². The Labute approximate surface area is 85.4 Å². The maximum absolute atomic E-state index is 9.26. The van der Waals surface area contributed by atoms with Crippen LogP contribution in [0, 0.1) is 11.8 Å². The number of hydrogen-bond donors (Lipinski definition) is 1. The van der Waals surface area contributed by atoms with Crippen molar-refractivity contribution in [3.8, 4) is 0 Å². The van der Waals surface area contributed by atoms with E-state index in [-0.39, 0.29) is 24.7 Å². The van der Waals surface area contributed by atoms with Gasteiger partial charge in [0.25, 0.3) is 0 Å². The van der Waals surface area contributed by atoms with Crippen molar-refractivity contribution in [1.82, 2.24) is 0 Å². The number of hydrogen-bond acceptors (Lipinski definition) is 3. The fraction of sp³-hybridized carbons (Fsp3) is 1.00. The average molecular weight is 200 g/mol. The SMILES string of the molecule is CCC1CC(CO)C2OC(C)(C)OC12. The molecule has 0 bridgehead atoms. The molecular formula is C11H20O3. The molecule has 0 amide bonds. The van der Waals surface area contributed by atoms with Gasteiger partial charge in [0.1, 0.15) is 0 Å². The zero-order chi connectivity index (χ0) is 10.3. The number of ether oxygens (including phenoxy) is 2. The van der Waals surface area contributed by atoms with Crippen LogP contribution in [0.4, 0.5) is 0 Å². The van der Waals surface area contributed by atoms with Gasteiger partial charge in [0.15, 0.2) is 5.79 Å². The molecule has 1 heterocycles. The lowest BCUT2D eigenvalue weighted by Gasteiger charge is -2.22. The molecule has 3 heteroatoms. The molecule has 1 aliphatic heterocycles. The van der Waals surface area contributed by atoms with E-state index in [1.807, 2.05) is 13.8 Å². The van der Waals surface area contributed by atoms with E-state index in [4.69, 9.17) is 9.47 Å². The zero-order valence-corrected chi connectivity index (χ0v) is 9.19. The van der Waals surface area contributed by atoms with Crippen LogP contribution in [0.3, 0.4) is 0 Å². The van der Waals surface area contributed by atoms with Crippen LogP contribution in [0.15, 0.2) is 0 Å². The molecule has 0 radical (unpaired) electrons. The van der Waals surface area contributed by atoms with Crippen LogP contribution in [0.2, 0.25) is 0 Å². The van der Waals surface area contributed by atoms with E-state index in [1.165, 1.54) is 0 Å². The van der Waals surface area contributed by atoms with Crippen LogP contribution in [-0.2, 0) is 9.47 Å². The lowest BCUT2D eigenvalue weighted by molar-refractivity contribution is -0.162. The Balaban J connectivity index is 2.12. The molecule has 2 aliphatic rings. The summed E-state index contributed by atoms with van der Waals surface area (Å²) in [6, 6.07) is 0. The first-order chi connectivity index (χ1) is 6.57. The lowest BCUT2D eigenvalue weighted by Crippen LogP contribution is -2.27. The molecule has 0 aromatic heterocycles. The van der Waals surface area contributed by atoms with E-state index in [1.54, 1.807) is 0 Å². The van der Waals surface area contributed by atoms with Gasteiger partial charge in [-0.25, -0.2) is 0 Å². The second-order valence-corrected chi connectivity index (χ2v) is 4.91. The van der Waals surface area contributed by atoms with E-state index in [9.17, 15) is 5.11 Å². The van der Waals surface area contributed by atoms with E-state index in [0.29, 0.717) is 5.92 Å². The largest absolute Gasteiger partial charge is 0.396 e. The van der Waals surface area contributed by atoms with Gasteiger partial charge in [0, 0.05) is 12.5 Å². The maximum atomic E-state index is 9.26. The first kappa shape index (κ1) is 10.4. The van der Waals surface area contributed by atoms with Crippen LogP contribution in [0.5, 0.6) is 0 Å². The predicted molar refractivity (Wildman–Crippen MR) is 52.8 cm³/mol. The molecule has 2 fully saturated rings. The van der Waals surface area contributed by atoms with Gasteiger partial charge >= 0.3 is 0 Å². The summed E-state index contributed by atoms with van der Waals surface area (Å²) in [5, 5.41) is 9.26. The van der Waals surface area contributed by atoms with Gasteiger partial charge in [0.05, 0.1) is 12.2 Å². The Kier molecular flexibility index (Phi) is 2.58. The fourth-order valence-corrected chi connectivity index (χ4v) is 2.78. The molecule has 1 saturated carbocycles. The maximum Gasteiger partial charge on any atom is 0.163 e. The van der Waals surface area contributed by atoms with E-state index in [2.05, 4.69) is 6.92 Å². The van der Waals surface area contributed by atoms with Gasteiger partial charge in [-0.1, -0.05) is 13.3 Å². The first-order valence-corrected chi connectivity index (χ1v) is 5.54. The summed E-state index contributed by atoms with van der Waals surface area (Å²) in [7, 11) is 0. The van der Waals surface area contributed by atoms with E-state index in [0.717, 1.165) is 12.8 Å². The van der Waals surface area contributed by atoms with Gasteiger partial charge in [-0.05, 0) is 26.2 Å². The number of rotatable bonds is 2. The molecule has 1 aliphatic carbocycles. The molecule has 14 heavy (non-hydrogen) atoms. The number of aliphatic hydroxyl groups excluding tert-OH is 1. The Hall–Kier alpha value is -0.120. The second-order valence-electron chi connectivity index (χ2n) is 4.91. The summed E-state index contributed by atoms with van der Waals surface area (Å²) >= 11 is 0. The van der Waals surface area contributed by atoms with Gasteiger partial charge in [-0.15, -0.1) is 0 Å². The molecule has 0 spiro atoms. The monoisotopic (exact) mass is 200 g/mol. The second kappa shape index (κ2) is 3.47. The summed E-state index contributed by atoms with van der Waals surface area (Å²) in [6.07, 6.45) is 2.46. The smallest absolute Gasteiger partial charge is 0.163 e. The van der Waals surface area contributed by atoms with Crippen LogP contribution < -0.4 is 0 Å². The van der Waals surface area contributed by atoms with Crippen molar-refractivity contribution in [3.05, 3.63) is 0 Å². The molecule has 3 nitrogen and oxygen atoms in total. The number of fused-ring (bicyclic) bond motifs is 1. The predicted octanol–water partition coefficient (Wildman–Crippen LogP) is 1.54. The van der Waals surface area contributed by atoms with Crippen molar-refractivity contribution >= 4 is 0 Å². The summed E-state index contributed by atoms with van der Waals surface area (Å²) in [4.78, 5) is 0. The van der Waals surface area contributed by atoms with E-state index < -0.39 is 5.79 Å². The molecule has 0 aromatic carbocycles. The summed E-state index contributed by atoms with van der Waals surface area (Å²) < 4.78 is 11.7. The quantitative estimate of drug-likeness (QED) is 0.735. The molecule has 2 rings (SSSR count). The Morgan fingerprint density at radius 3 is 2.29 bits per heavy atom. The Morgan fingerprint density at radius 2 is 1.79 bits per heavy atom. The summed E-state index contributed by atoms with van der Waals surface area (Å²) in [5.41, 5.74) is 0. The molecule has 4 atom stereocenters. The van der Waals surface area contributed by atoms with Crippen LogP contribution in [-0.4, -0.2) is 29.7 Å². The van der Waals surface area contributed by atoms with Crippen molar-refractivity contribution < 1.29 is 14.6 Å². The minimum absolute atomic E-state index is 0.111. The molecule has 1 saturated heterocycles. The minimum Gasteiger partial charge on any atom is -0.396 e. The highest BCUT2D eigenvalue weighted by atomic mass is 16.8. The van der Waals surface area contributed by atoms with E-state index >= 15 is 0 Å². The van der Waals surface area contributed by atoms with Crippen molar-refractivity contribution in [2.24, 2.45) is 11.8 Å². The molecule has 0 aromatic rings. The average Bonchev–Trinajstić information content (AvgIpc) is 2.57. The van der Waals surface area contributed by atoms with Crippen molar-refractivity contribution in [2.45, 2.75) is 51.6 Å². The first-order valence-electron chi connectivity index (χ1n) is 5.54. The lowest BCUT2D eigenvalue weighted by atomic mass is 10.0. The van der Waals surface area contributed by atoms with Crippen LogP contribution in [0.1, 0.15) is 33.6 Å². The van der Waals surface area contributed by atoms with Crippen LogP contribution >= 0.6 is 0 Å². The zero-order valence-electron chi connectivity index (χ0n) is 9.19.